The first-order valence-corrected chi connectivity index (χ1v) is 9.17. The van der Waals surface area contributed by atoms with Crippen molar-refractivity contribution in [2.75, 3.05) is 23.7 Å². The van der Waals surface area contributed by atoms with Crippen molar-refractivity contribution in [3.63, 3.8) is 0 Å². The molecule has 7 nitrogen and oxygen atoms in total. The summed E-state index contributed by atoms with van der Waals surface area (Å²) in [5.74, 6) is 0.395. The van der Waals surface area contributed by atoms with Gasteiger partial charge in [-0.15, -0.1) is 0 Å². The molecule has 1 atom stereocenters. The largest absolute Gasteiger partial charge is 0.382 e. The summed E-state index contributed by atoms with van der Waals surface area (Å²) in [4.78, 5) is 15.1. The molecule has 1 fully saturated rings. The summed E-state index contributed by atoms with van der Waals surface area (Å²) in [5, 5.41) is 0.753. The predicted octanol–water partition coefficient (Wildman–Crippen LogP) is 2.21. The van der Waals surface area contributed by atoms with E-state index in [0.717, 1.165) is 42.3 Å². The van der Waals surface area contributed by atoms with E-state index in [-0.39, 0.29) is 6.04 Å². The number of nitrogens with two attached hydrogens (primary N) is 2. The van der Waals surface area contributed by atoms with Gasteiger partial charge in [0, 0.05) is 29.8 Å². The Morgan fingerprint density at radius 1 is 1.27 bits per heavy atom. The molecule has 1 saturated heterocycles. The quantitative estimate of drug-likeness (QED) is 0.729. The number of aromatic nitrogens is 4. The van der Waals surface area contributed by atoms with Gasteiger partial charge in [0.15, 0.2) is 11.5 Å². The van der Waals surface area contributed by atoms with Crippen molar-refractivity contribution in [2.45, 2.75) is 32.4 Å². The van der Waals surface area contributed by atoms with E-state index < -0.39 is 0 Å². The molecule has 0 amide bonds. The highest BCUT2D eigenvalue weighted by Crippen LogP contribution is 2.32. The van der Waals surface area contributed by atoms with Crippen LogP contribution >= 0.6 is 11.6 Å². The fourth-order valence-electron chi connectivity index (χ4n) is 3.65. The van der Waals surface area contributed by atoms with Gasteiger partial charge in [-0.25, -0.2) is 15.0 Å². The number of aryl methyl sites for hydroxylation is 1. The molecule has 1 aromatic carbocycles. The second kappa shape index (κ2) is 6.74. The second-order valence-corrected chi connectivity index (χ2v) is 7.15. The topological polar surface area (TPSA) is 98.9 Å². The highest BCUT2D eigenvalue weighted by atomic mass is 35.5. The molecule has 1 unspecified atom stereocenters. The molecule has 0 spiro atoms. The Morgan fingerprint density at radius 3 is 2.85 bits per heavy atom. The van der Waals surface area contributed by atoms with E-state index in [0.29, 0.717) is 17.9 Å². The van der Waals surface area contributed by atoms with Gasteiger partial charge in [0.05, 0.1) is 12.9 Å². The van der Waals surface area contributed by atoms with Crippen LogP contribution in [0, 0.1) is 0 Å². The van der Waals surface area contributed by atoms with Gasteiger partial charge in [0.2, 0.25) is 0 Å². The van der Waals surface area contributed by atoms with Gasteiger partial charge in [0.25, 0.3) is 0 Å². The lowest BCUT2D eigenvalue weighted by atomic mass is 10.0. The number of fused-ring (bicyclic) bond motifs is 1. The second-order valence-electron chi connectivity index (χ2n) is 6.71. The van der Waals surface area contributed by atoms with Crippen LogP contribution in [0.25, 0.3) is 11.2 Å². The first kappa shape index (κ1) is 17.1. The van der Waals surface area contributed by atoms with E-state index >= 15 is 0 Å². The molecule has 3 heterocycles. The molecule has 4 rings (SSSR count). The number of nitrogen functional groups attached to an aromatic ring is 1. The van der Waals surface area contributed by atoms with Crippen molar-refractivity contribution >= 4 is 34.3 Å². The SMILES string of the molecule is CCc1cc(Cl)cc(N2CCC(N)C2)c1Cn1cnc2c(N)ncnc21. The smallest absolute Gasteiger partial charge is 0.165 e. The van der Waals surface area contributed by atoms with Crippen molar-refractivity contribution < 1.29 is 0 Å². The summed E-state index contributed by atoms with van der Waals surface area (Å²) in [6.45, 7) is 4.57. The van der Waals surface area contributed by atoms with Crippen LogP contribution in [-0.2, 0) is 13.0 Å². The fourth-order valence-corrected chi connectivity index (χ4v) is 3.88. The molecule has 136 valence electrons. The van der Waals surface area contributed by atoms with E-state index in [1.807, 2.05) is 16.7 Å². The van der Waals surface area contributed by atoms with Gasteiger partial charge < -0.3 is 20.9 Å². The molecular formula is C18H22ClN7. The fraction of sp³-hybridized carbons (Fsp3) is 0.389. The highest BCUT2D eigenvalue weighted by Gasteiger charge is 2.23. The van der Waals surface area contributed by atoms with Crippen molar-refractivity contribution in [1.82, 2.24) is 19.5 Å². The van der Waals surface area contributed by atoms with E-state index in [9.17, 15) is 0 Å². The van der Waals surface area contributed by atoms with E-state index in [1.54, 1.807) is 6.33 Å². The molecule has 4 N–H and O–H groups in total. The minimum Gasteiger partial charge on any atom is -0.382 e. The van der Waals surface area contributed by atoms with E-state index in [4.69, 9.17) is 23.1 Å². The Kier molecular flexibility index (Phi) is 4.42. The van der Waals surface area contributed by atoms with Crippen LogP contribution in [0.1, 0.15) is 24.5 Å². The first-order chi connectivity index (χ1) is 12.6. The Hall–Kier alpha value is -2.38. The monoisotopic (exact) mass is 371 g/mol. The summed E-state index contributed by atoms with van der Waals surface area (Å²) in [5.41, 5.74) is 17.0. The Bertz CT molecular complexity index is 952. The van der Waals surface area contributed by atoms with Crippen LogP contribution in [-0.4, -0.2) is 38.7 Å². The molecule has 1 aliphatic rings. The van der Waals surface area contributed by atoms with Crippen LogP contribution in [0.4, 0.5) is 11.5 Å². The average Bonchev–Trinajstić information content (AvgIpc) is 3.23. The third-order valence-electron chi connectivity index (χ3n) is 4.99. The molecule has 0 radical (unpaired) electrons. The van der Waals surface area contributed by atoms with Crippen LogP contribution in [0.2, 0.25) is 5.02 Å². The number of benzene rings is 1. The third-order valence-corrected chi connectivity index (χ3v) is 5.21. The van der Waals surface area contributed by atoms with Crippen LogP contribution < -0.4 is 16.4 Å². The van der Waals surface area contributed by atoms with E-state index in [1.165, 1.54) is 17.5 Å². The Balaban J connectivity index is 1.80. The van der Waals surface area contributed by atoms with Crippen LogP contribution in [0.5, 0.6) is 0 Å². The number of hydrogen-bond acceptors (Lipinski definition) is 6. The summed E-state index contributed by atoms with van der Waals surface area (Å²) in [7, 11) is 0. The molecule has 0 aliphatic carbocycles. The molecular weight excluding hydrogens is 350 g/mol. The maximum absolute atomic E-state index is 6.40. The van der Waals surface area contributed by atoms with Crippen LogP contribution in [0.15, 0.2) is 24.8 Å². The van der Waals surface area contributed by atoms with Crippen molar-refractivity contribution in [3.05, 3.63) is 40.9 Å². The van der Waals surface area contributed by atoms with Gasteiger partial charge in [-0.3, -0.25) is 0 Å². The minimum atomic E-state index is 0.202. The standard InChI is InChI=1S/C18H22ClN7/c1-2-11-5-12(19)6-15(25-4-3-13(20)7-25)14(11)8-26-10-24-16-17(21)22-9-23-18(16)26/h5-6,9-10,13H,2-4,7-8,20H2,1H3,(H2,21,22,23). The van der Waals surface area contributed by atoms with Gasteiger partial charge in [0.1, 0.15) is 11.8 Å². The number of anilines is 2. The molecule has 2 aromatic heterocycles. The Labute approximate surface area is 157 Å². The lowest BCUT2D eigenvalue weighted by Crippen LogP contribution is -2.27. The lowest BCUT2D eigenvalue weighted by molar-refractivity contribution is 0.750. The van der Waals surface area contributed by atoms with Crippen molar-refractivity contribution in [2.24, 2.45) is 5.73 Å². The number of halogens is 1. The van der Waals surface area contributed by atoms with Gasteiger partial charge >= 0.3 is 0 Å². The summed E-state index contributed by atoms with van der Waals surface area (Å²) < 4.78 is 2.01. The number of imidazole rings is 1. The maximum Gasteiger partial charge on any atom is 0.165 e. The van der Waals surface area contributed by atoms with Gasteiger partial charge in [-0.05, 0) is 36.1 Å². The number of rotatable bonds is 4. The predicted molar refractivity (Wildman–Crippen MR) is 104 cm³/mol. The zero-order valence-electron chi connectivity index (χ0n) is 14.7. The van der Waals surface area contributed by atoms with Gasteiger partial charge in [-0.1, -0.05) is 18.5 Å². The summed E-state index contributed by atoms with van der Waals surface area (Å²) in [6, 6.07) is 4.28. The van der Waals surface area contributed by atoms with Crippen molar-refractivity contribution in [1.29, 1.82) is 0 Å². The normalized spacial score (nSPS) is 17.3. The third kappa shape index (κ3) is 2.97. The molecule has 8 heteroatoms. The molecule has 3 aromatic rings. The zero-order chi connectivity index (χ0) is 18.3. The number of nitrogens with zero attached hydrogens (tertiary/aromatic N) is 5. The number of hydrogen-bond donors (Lipinski definition) is 2. The summed E-state index contributed by atoms with van der Waals surface area (Å²) in [6.07, 6.45) is 5.12. The van der Waals surface area contributed by atoms with Crippen LogP contribution in [0.3, 0.4) is 0 Å². The lowest BCUT2D eigenvalue weighted by Gasteiger charge is -2.24. The Morgan fingerprint density at radius 2 is 2.12 bits per heavy atom. The molecule has 0 bridgehead atoms. The van der Waals surface area contributed by atoms with Gasteiger partial charge in [-0.2, -0.15) is 0 Å². The molecule has 26 heavy (non-hydrogen) atoms. The average molecular weight is 372 g/mol. The first-order valence-electron chi connectivity index (χ1n) is 8.80. The van der Waals surface area contributed by atoms with E-state index in [2.05, 4.69) is 26.8 Å². The highest BCUT2D eigenvalue weighted by molar-refractivity contribution is 6.31. The maximum atomic E-state index is 6.40. The van der Waals surface area contributed by atoms with Crippen molar-refractivity contribution in [3.8, 4) is 0 Å². The minimum absolute atomic E-state index is 0.202. The zero-order valence-corrected chi connectivity index (χ0v) is 15.4. The molecule has 0 saturated carbocycles. The molecule has 1 aliphatic heterocycles. The summed E-state index contributed by atoms with van der Waals surface area (Å²) >= 11 is 6.40.